The Morgan fingerprint density at radius 3 is 2.45 bits per heavy atom. The highest BCUT2D eigenvalue weighted by molar-refractivity contribution is 5.79. The number of rotatable bonds is 10. The summed E-state index contributed by atoms with van der Waals surface area (Å²) in [6.45, 7) is 5.21. The van der Waals surface area contributed by atoms with Crippen LogP contribution < -0.4 is 15.4 Å². The highest BCUT2D eigenvalue weighted by Gasteiger charge is 1.99. The van der Waals surface area contributed by atoms with Crippen LogP contribution in [0.1, 0.15) is 25.3 Å². The largest absolute Gasteiger partial charge is 0.494 e. The summed E-state index contributed by atoms with van der Waals surface area (Å²) in [5.41, 5.74) is 1.28. The zero-order valence-electron chi connectivity index (χ0n) is 14.0. The van der Waals surface area contributed by atoms with E-state index in [-0.39, 0.29) is 0 Å². The van der Waals surface area contributed by atoms with Crippen molar-refractivity contribution in [2.45, 2.75) is 26.2 Å². The molecule has 0 heterocycles. The number of benzene rings is 1. The Labute approximate surface area is 134 Å². The Hall–Kier alpha value is -1.75. The molecule has 0 radical (unpaired) electrons. The molecule has 0 unspecified atom stereocenters. The number of guanidine groups is 1. The van der Waals surface area contributed by atoms with Crippen molar-refractivity contribution < 1.29 is 9.47 Å². The van der Waals surface area contributed by atoms with Gasteiger partial charge in [-0.05, 0) is 30.5 Å². The molecule has 0 aliphatic carbocycles. The lowest BCUT2D eigenvalue weighted by Crippen LogP contribution is -2.39. The maximum Gasteiger partial charge on any atom is 0.191 e. The average molecular weight is 307 g/mol. The highest BCUT2D eigenvalue weighted by atomic mass is 16.5. The fourth-order valence-corrected chi connectivity index (χ4v) is 1.90. The first kappa shape index (κ1) is 18.3. The topological polar surface area (TPSA) is 54.9 Å². The molecule has 0 aliphatic heterocycles. The van der Waals surface area contributed by atoms with Crippen molar-refractivity contribution in [1.82, 2.24) is 10.6 Å². The number of nitrogens with zero attached hydrogens (tertiary/aromatic N) is 1. The number of hydrogen-bond acceptors (Lipinski definition) is 3. The molecular weight excluding hydrogens is 278 g/mol. The third-order valence-corrected chi connectivity index (χ3v) is 3.22. The minimum absolute atomic E-state index is 0.667. The lowest BCUT2D eigenvalue weighted by Gasteiger charge is -2.11. The van der Waals surface area contributed by atoms with Crippen molar-refractivity contribution in [2.75, 3.05) is 40.5 Å². The van der Waals surface area contributed by atoms with Crippen LogP contribution in [0.15, 0.2) is 29.3 Å². The number of methoxy groups -OCH3 is 1. The highest BCUT2D eigenvalue weighted by Crippen LogP contribution is 2.12. The van der Waals surface area contributed by atoms with Gasteiger partial charge in [0.25, 0.3) is 0 Å². The number of aliphatic imine (C=N–C) groups is 1. The standard InChI is InChI=1S/C17H29N3O2/c1-4-5-13-22-16-8-6-15(7-9-16)10-11-19-17(18-2)20-12-14-21-3/h6-9H,4-5,10-14H2,1-3H3,(H2,18,19,20). The summed E-state index contributed by atoms with van der Waals surface area (Å²) in [7, 11) is 3.46. The molecule has 0 bridgehead atoms. The molecule has 0 saturated carbocycles. The van der Waals surface area contributed by atoms with Gasteiger partial charge in [0.2, 0.25) is 0 Å². The quantitative estimate of drug-likeness (QED) is 0.395. The van der Waals surface area contributed by atoms with Gasteiger partial charge in [-0.3, -0.25) is 4.99 Å². The predicted molar refractivity (Wildman–Crippen MR) is 91.8 cm³/mol. The lowest BCUT2D eigenvalue weighted by atomic mass is 10.1. The van der Waals surface area contributed by atoms with Crippen LogP contribution in [0.5, 0.6) is 5.75 Å². The third kappa shape index (κ3) is 7.88. The fourth-order valence-electron chi connectivity index (χ4n) is 1.90. The van der Waals surface area contributed by atoms with E-state index in [1.807, 2.05) is 12.1 Å². The van der Waals surface area contributed by atoms with Crippen LogP contribution in [0.2, 0.25) is 0 Å². The van der Waals surface area contributed by atoms with Crippen molar-refractivity contribution in [3.63, 3.8) is 0 Å². The van der Waals surface area contributed by atoms with Gasteiger partial charge in [-0.2, -0.15) is 0 Å². The van der Waals surface area contributed by atoms with Gasteiger partial charge in [-0.25, -0.2) is 0 Å². The van der Waals surface area contributed by atoms with E-state index >= 15 is 0 Å². The molecule has 5 nitrogen and oxygen atoms in total. The van der Waals surface area contributed by atoms with Crippen LogP contribution in [0.4, 0.5) is 0 Å². The van der Waals surface area contributed by atoms with Gasteiger partial charge in [-0.1, -0.05) is 25.5 Å². The molecule has 124 valence electrons. The van der Waals surface area contributed by atoms with E-state index in [1.165, 1.54) is 5.56 Å². The molecule has 0 spiro atoms. The molecule has 2 N–H and O–H groups in total. The SMILES string of the molecule is CCCCOc1ccc(CCNC(=NC)NCCOC)cc1. The van der Waals surface area contributed by atoms with E-state index in [1.54, 1.807) is 14.2 Å². The monoisotopic (exact) mass is 307 g/mol. The molecule has 0 aliphatic rings. The van der Waals surface area contributed by atoms with Crippen molar-refractivity contribution in [3.8, 4) is 5.75 Å². The van der Waals surface area contributed by atoms with E-state index in [2.05, 4.69) is 34.7 Å². The third-order valence-electron chi connectivity index (χ3n) is 3.22. The minimum Gasteiger partial charge on any atom is -0.494 e. The van der Waals surface area contributed by atoms with Crippen LogP contribution in [-0.2, 0) is 11.2 Å². The zero-order valence-corrected chi connectivity index (χ0v) is 14.0. The molecule has 5 heteroatoms. The second-order valence-corrected chi connectivity index (χ2v) is 5.01. The van der Waals surface area contributed by atoms with Crippen LogP contribution in [0.25, 0.3) is 0 Å². The molecule has 1 rings (SSSR count). The van der Waals surface area contributed by atoms with Gasteiger partial charge < -0.3 is 20.1 Å². The van der Waals surface area contributed by atoms with E-state index in [0.29, 0.717) is 6.61 Å². The summed E-state index contributed by atoms with van der Waals surface area (Å²) in [6, 6.07) is 8.31. The van der Waals surface area contributed by atoms with Gasteiger partial charge in [0.1, 0.15) is 5.75 Å². The number of nitrogens with one attached hydrogen (secondary N) is 2. The fraction of sp³-hybridized carbons (Fsp3) is 0.588. The van der Waals surface area contributed by atoms with Gasteiger partial charge in [0.15, 0.2) is 5.96 Å². The summed E-state index contributed by atoms with van der Waals surface area (Å²) in [5, 5.41) is 6.47. The Bertz CT molecular complexity index is 418. The Kier molecular flexibility index (Phi) is 9.87. The molecular formula is C17H29N3O2. The summed E-state index contributed by atoms with van der Waals surface area (Å²) < 4.78 is 10.7. The number of hydrogen-bond donors (Lipinski definition) is 2. The van der Waals surface area contributed by atoms with Crippen molar-refractivity contribution in [1.29, 1.82) is 0 Å². The summed E-state index contributed by atoms with van der Waals surface area (Å²) >= 11 is 0. The molecule has 1 aromatic carbocycles. The molecule has 22 heavy (non-hydrogen) atoms. The normalized spacial score (nSPS) is 11.3. The van der Waals surface area contributed by atoms with E-state index < -0.39 is 0 Å². The summed E-state index contributed by atoms with van der Waals surface area (Å²) in [4.78, 5) is 4.17. The van der Waals surface area contributed by atoms with Crippen LogP contribution >= 0.6 is 0 Å². The molecule has 0 aromatic heterocycles. The van der Waals surface area contributed by atoms with Crippen molar-refractivity contribution in [3.05, 3.63) is 29.8 Å². The van der Waals surface area contributed by atoms with Crippen molar-refractivity contribution in [2.24, 2.45) is 4.99 Å². The average Bonchev–Trinajstić information content (AvgIpc) is 2.55. The minimum atomic E-state index is 0.667. The first-order valence-corrected chi connectivity index (χ1v) is 7.95. The number of ether oxygens (including phenoxy) is 2. The molecule has 0 amide bonds. The molecule has 1 aromatic rings. The zero-order chi connectivity index (χ0) is 16.0. The van der Waals surface area contributed by atoms with E-state index in [9.17, 15) is 0 Å². The summed E-state index contributed by atoms with van der Waals surface area (Å²) in [5.74, 6) is 1.75. The van der Waals surface area contributed by atoms with Gasteiger partial charge >= 0.3 is 0 Å². The van der Waals surface area contributed by atoms with Gasteiger partial charge in [0, 0.05) is 27.2 Å². The van der Waals surface area contributed by atoms with Crippen LogP contribution in [0, 0.1) is 0 Å². The van der Waals surface area contributed by atoms with E-state index in [0.717, 1.165) is 50.7 Å². The predicted octanol–water partition coefficient (Wildman–Crippen LogP) is 2.22. The Morgan fingerprint density at radius 1 is 1.09 bits per heavy atom. The van der Waals surface area contributed by atoms with Crippen LogP contribution in [0.3, 0.4) is 0 Å². The van der Waals surface area contributed by atoms with Crippen molar-refractivity contribution >= 4 is 5.96 Å². The summed E-state index contributed by atoms with van der Waals surface area (Å²) in [6.07, 6.45) is 3.20. The first-order valence-electron chi connectivity index (χ1n) is 7.95. The maximum absolute atomic E-state index is 5.66. The Morgan fingerprint density at radius 2 is 1.82 bits per heavy atom. The number of unbranched alkanes of at least 4 members (excludes halogenated alkanes) is 1. The van der Waals surface area contributed by atoms with Crippen LogP contribution in [-0.4, -0.2) is 46.4 Å². The smallest absolute Gasteiger partial charge is 0.191 e. The molecule has 0 fully saturated rings. The molecule has 0 atom stereocenters. The molecule has 0 saturated heterocycles. The lowest BCUT2D eigenvalue weighted by molar-refractivity contribution is 0.203. The maximum atomic E-state index is 5.66. The van der Waals surface area contributed by atoms with Gasteiger partial charge in [0.05, 0.1) is 13.2 Å². The van der Waals surface area contributed by atoms with Gasteiger partial charge in [-0.15, -0.1) is 0 Å². The second kappa shape index (κ2) is 11.9. The first-order chi connectivity index (χ1) is 10.8. The second-order valence-electron chi connectivity index (χ2n) is 5.01. The van der Waals surface area contributed by atoms with E-state index in [4.69, 9.17) is 9.47 Å². The Balaban J connectivity index is 2.26.